The lowest BCUT2D eigenvalue weighted by Gasteiger charge is -2.24. The molecule has 2 amide bonds. The molecule has 5 nitrogen and oxygen atoms in total. The summed E-state index contributed by atoms with van der Waals surface area (Å²) in [5.74, 6) is -0.0510. The molecule has 148 valence electrons. The maximum Gasteiger partial charge on any atom is 0.254 e. The van der Waals surface area contributed by atoms with Crippen LogP contribution < -0.4 is 10.5 Å². The van der Waals surface area contributed by atoms with E-state index in [2.05, 4.69) is 16.8 Å². The normalized spacial score (nSPS) is 16.0. The number of carbonyl (C=O) groups is 2. The molecule has 1 fully saturated rings. The van der Waals surface area contributed by atoms with E-state index in [9.17, 15) is 9.59 Å². The van der Waals surface area contributed by atoms with Gasteiger partial charge in [0, 0.05) is 12.1 Å². The molecule has 0 radical (unpaired) electrons. The highest BCUT2D eigenvalue weighted by Crippen LogP contribution is 2.34. The van der Waals surface area contributed by atoms with Gasteiger partial charge in [0.05, 0.1) is 11.6 Å². The molecule has 2 heterocycles. The average molecular weight is 407 g/mol. The number of para-hydroxylation sites is 1. The number of thiophene rings is 1. The number of carbonyl (C=O) groups excluding carboxylic acids is 2. The molecule has 0 bridgehead atoms. The molecule has 1 aliphatic rings. The van der Waals surface area contributed by atoms with E-state index in [4.69, 9.17) is 10.5 Å². The fourth-order valence-corrected chi connectivity index (χ4v) is 4.45. The van der Waals surface area contributed by atoms with Crippen molar-refractivity contribution in [3.63, 3.8) is 0 Å². The largest absolute Gasteiger partial charge is 0.488 e. The first-order chi connectivity index (χ1) is 14.1. The molecule has 3 aromatic rings. The van der Waals surface area contributed by atoms with Crippen LogP contribution in [-0.4, -0.2) is 23.3 Å². The Kier molecular flexibility index (Phi) is 5.62. The van der Waals surface area contributed by atoms with Crippen LogP contribution in [0.5, 0.6) is 5.75 Å². The Bertz CT molecular complexity index is 1020. The van der Waals surface area contributed by atoms with Crippen LogP contribution in [0, 0.1) is 0 Å². The SMILES string of the molecule is NC(=O)c1ccccc1OCc1cccc(C(=O)N2CCCC2c2ccsc2)c1. The van der Waals surface area contributed by atoms with Crippen molar-refractivity contribution in [3.8, 4) is 5.75 Å². The number of benzene rings is 2. The number of amides is 2. The summed E-state index contributed by atoms with van der Waals surface area (Å²) in [7, 11) is 0. The highest BCUT2D eigenvalue weighted by Gasteiger charge is 2.30. The second kappa shape index (κ2) is 8.49. The lowest BCUT2D eigenvalue weighted by molar-refractivity contribution is 0.0735. The molecule has 0 aliphatic carbocycles. The summed E-state index contributed by atoms with van der Waals surface area (Å²) >= 11 is 1.66. The zero-order valence-corrected chi connectivity index (χ0v) is 16.7. The van der Waals surface area contributed by atoms with Crippen LogP contribution >= 0.6 is 11.3 Å². The fraction of sp³-hybridized carbons (Fsp3) is 0.217. The summed E-state index contributed by atoms with van der Waals surface area (Å²) in [5, 5.41) is 4.18. The minimum Gasteiger partial charge on any atom is -0.488 e. The summed E-state index contributed by atoms with van der Waals surface area (Å²) in [6, 6.07) is 16.6. The van der Waals surface area contributed by atoms with Crippen molar-refractivity contribution in [2.24, 2.45) is 5.73 Å². The Morgan fingerprint density at radius 1 is 1.14 bits per heavy atom. The summed E-state index contributed by atoms with van der Waals surface area (Å²) in [6.07, 6.45) is 2.01. The van der Waals surface area contributed by atoms with Gasteiger partial charge in [-0.3, -0.25) is 9.59 Å². The summed E-state index contributed by atoms with van der Waals surface area (Å²) in [4.78, 5) is 26.7. The van der Waals surface area contributed by atoms with Gasteiger partial charge in [0.25, 0.3) is 11.8 Å². The molecule has 0 saturated carbocycles. The van der Waals surface area contributed by atoms with Gasteiger partial charge < -0.3 is 15.4 Å². The molecular formula is C23H22N2O3S. The number of nitrogens with two attached hydrogens (primary N) is 1. The van der Waals surface area contributed by atoms with Crippen LogP contribution in [0.4, 0.5) is 0 Å². The second-order valence-electron chi connectivity index (χ2n) is 7.06. The third-order valence-electron chi connectivity index (χ3n) is 5.16. The maximum absolute atomic E-state index is 13.1. The van der Waals surface area contributed by atoms with E-state index < -0.39 is 5.91 Å². The first kappa shape index (κ1) is 19.2. The van der Waals surface area contributed by atoms with Gasteiger partial charge in [-0.25, -0.2) is 0 Å². The molecular weight excluding hydrogens is 384 g/mol. The number of ether oxygens (including phenoxy) is 1. The Labute approximate surface area is 173 Å². The first-order valence-corrected chi connectivity index (χ1v) is 10.5. The Balaban J connectivity index is 1.49. The molecule has 1 aliphatic heterocycles. The van der Waals surface area contributed by atoms with Gasteiger partial charge in [0.15, 0.2) is 0 Å². The molecule has 4 rings (SSSR count). The molecule has 1 atom stereocenters. The lowest BCUT2D eigenvalue weighted by Crippen LogP contribution is -2.30. The molecule has 2 N–H and O–H groups in total. The van der Waals surface area contributed by atoms with Crippen molar-refractivity contribution in [1.82, 2.24) is 4.90 Å². The Morgan fingerprint density at radius 2 is 2.00 bits per heavy atom. The number of rotatable bonds is 6. The highest BCUT2D eigenvalue weighted by atomic mass is 32.1. The zero-order valence-electron chi connectivity index (χ0n) is 15.9. The third kappa shape index (κ3) is 4.17. The van der Waals surface area contributed by atoms with E-state index in [0.29, 0.717) is 16.9 Å². The molecule has 29 heavy (non-hydrogen) atoms. The van der Waals surface area contributed by atoms with E-state index in [0.717, 1.165) is 24.9 Å². The van der Waals surface area contributed by atoms with Crippen molar-refractivity contribution in [3.05, 3.63) is 87.6 Å². The van der Waals surface area contributed by atoms with Crippen LogP contribution in [0.3, 0.4) is 0 Å². The topological polar surface area (TPSA) is 72.6 Å². The Morgan fingerprint density at radius 3 is 2.79 bits per heavy atom. The highest BCUT2D eigenvalue weighted by molar-refractivity contribution is 7.08. The lowest BCUT2D eigenvalue weighted by atomic mass is 10.1. The van der Waals surface area contributed by atoms with Crippen molar-refractivity contribution in [1.29, 1.82) is 0 Å². The molecule has 6 heteroatoms. The minimum atomic E-state index is -0.530. The number of primary amides is 1. The van der Waals surface area contributed by atoms with E-state index in [-0.39, 0.29) is 18.6 Å². The second-order valence-corrected chi connectivity index (χ2v) is 7.84. The monoisotopic (exact) mass is 406 g/mol. The van der Waals surface area contributed by atoms with E-state index in [1.807, 2.05) is 29.2 Å². The average Bonchev–Trinajstić information content (AvgIpc) is 3.43. The number of likely N-dealkylation sites (tertiary alicyclic amines) is 1. The van der Waals surface area contributed by atoms with Crippen LogP contribution in [-0.2, 0) is 6.61 Å². The predicted molar refractivity (Wildman–Crippen MR) is 113 cm³/mol. The maximum atomic E-state index is 13.1. The zero-order chi connectivity index (χ0) is 20.2. The summed E-state index contributed by atoms with van der Waals surface area (Å²) in [6.45, 7) is 1.02. The van der Waals surface area contributed by atoms with E-state index in [1.165, 1.54) is 5.56 Å². The van der Waals surface area contributed by atoms with Crippen molar-refractivity contribution >= 4 is 23.2 Å². The van der Waals surface area contributed by atoms with Gasteiger partial charge in [-0.2, -0.15) is 11.3 Å². The summed E-state index contributed by atoms with van der Waals surface area (Å²) in [5.41, 5.74) is 8.47. The number of hydrogen-bond acceptors (Lipinski definition) is 4. The van der Waals surface area contributed by atoms with Crippen LogP contribution in [0.2, 0.25) is 0 Å². The van der Waals surface area contributed by atoms with Crippen molar-refractivity contribution < 1.29 is 14.3 Å². The predicted octanol–water partition coefficient (Wildman–Crippen LogP) is 4.40. The molecule has 0 spiro atoms. The van der Waals surface area contributed by atoms with Crippen LogP contribution in [0.15, 0.2) is 65.4 Å². The Hall–Kier alpha value is -3.12. The van der Waals surface area contributed by atoms with Crippen LogP contribution in [0.1, 0.15) is 50.7 Å². The fourth-order valence-electron chi connectivity index (χ4n) is 3.74. The van der Waals surface area contributed by atoms with Gasteiger partial charge in [-0.05, 0) is 65.1 Å². The molecule has 2 aromatic carbocycles. The smallest absolute Gasteiger partial charge is 0.254 e. The number of hydrogen-bond donors (Lipinski definition) is 1. The van der Waals surface area contributed by atoms with Gasteiger partial charge in [0.1, 0.15) is 12.4 Å². The minimum absolute atomic E-state index is 0.0399. The van der Waals surface area contributed by atoms with Gasteiger partial charge in [-0.15, -0.1) is 0 Å². The van der Waals surface area contributed by atoms with Gasteiger partial charge in [-0.1, -0.05) is 24.3 Å². The molecule has 1 saturated heterocycles. The van der Waals surface area contributed by atoms with E-state index in [1.54, 1.807) is 35.6 Å². The third-order valence-corrected chi connectivity index (χ3v) is 5.86. The van der Waals surface area contributed by atoms with Gasteiger partial charge in [0.2, 0.25) is 0 Å². The van der Waals surface area contributed by atoms with E-state index >= 15 is 0 Å². The van der Waals surface area contributed by atoms with Crippen molar-refractivity contribution in [2.75, 3.05) is 6.54 Å². The number of nitrogens with zero attached hydrogens (tertiary/aromatic N) is 1. The molecule has 1 unspecified atom stereocenters. The first-order valence-electron chi connectivity index (χ1n) is 9.57. The summed E-state index contributed by atoms with van der Waals surface area (Å²) < 4.78 is 5.80. The van der Waals surface area contributed by atoms with Crippen LogP contribution in [0.25, 0.3) is 0 Å². The van der Waals surface area contributed by atoms with Gasteiger partial charge >= 0.3 is 0 Å². The quantitative estimate of drug-likeness (QED) is 0.659. The van der Waals surface area contributed by atoms with Crippen molar-refractivity contribution in [2.45, 2.75) is 25.5 Å². The molecule has 1 aromatic heterocycles. The standard InChI is InChI=1S/C23H22N2O3S/c24-22(26)19-7-1-2-9-21(19)28-14-16-5-3-6-17(13-16)23(27)25-11-4-8-20(25)18-10-12-29-15-18/h1-3,5-7,9-10,12-13,15,20H,4,8,11,14H2,(H2,24,26).